The van der Waals surface area contributed by atoms with Gasteiger partial charge in [-0.15, -0.1) is 0 Å². The van der Waals surface area contributed by atoms with Crippen molar-refractivity contribution in [2.45, 2.75) is 24.5 Å². The summed E-state index contributed by atoms with van der Waals surface area (Å²) in [5.41, 5.74) is 6.32. The number of fused-ring (bicyclic) bond motifs is 1. The van der Waals surface area contributed by atoms with E-state index in [1.54, 1.807) is 0 Å². The van der Waals surface area contributed by atoms with Gasteiger partial charge in [0.15, 0.2) is 17.7 Å². The van der Waals surface area contributed by atoms with Gasteiger partial charge in [-0.3, -0.25) is 8.78 Å². The van der Waals surface area contributed by atoms with Gasteiger partial charge >= 0.3 is 0 Å². The standard InChI is InChI=1S/C11H14ClN5O4S/c1-22(20)2-4-6(18)7(19)10(21-4)17-3-14-5-8(13)15-11(12)16-9(5)17/h3-4,6-7,10,18-19H,2H2,1H3,(H2,13,15,16)/t4-,6-,7-,10-,22?/m1/s1. The third-order valence-electron chi connectivity index (χ3n) is 3.43. The summed E-state index contributed by atoms with van der Waals surface area (Å²) in [6.45, 7) is 0. The Bertz CT molecular complexity index is 741. The summed E-state index contributed by atoms with van der Waals surface area (Å²) in [7, 11) is -1.17. The second-order valence-electron chi connectivity index (χ2n) is 4.99. The van der Waals surface area contributed by atoms with Crippen LogP contribution in [0.15, 0.2) is 6.33 Å². The number of ether oxygens (including phenoxy) is 1. The molecule has 0 radical (unpaired) electrons. The molecule has 0 saturated carbocycles. The molecule has 0 spiro atoms. The van der Waals surface area contributed by atoms with Crippen molar-refractivity contribution in [3.05, 3.63) is 11.6 Å². The summed E-state index contributed by atoms with van der Waals surface area (Å²) in [4.78, 5) is 11.9. The molecule has 0 bridgehead atoms. The van der Waals surface area contributed by atoms with E-state index in [4.69, 9.17) is 22.1 Å². The summed E-state index contributed by atoms with van der Waals surface area (Å²) in [6, 6.07) is 0. The van der Waals surface area contributed by atoms with Crippen molar-refractivity contribution in [3.63, 3.8) is 0 Å². The summed E-state index contributed by atoms with van der Waals surface area (Å²) in [6.07, 6.45) is -1.20. The van der Waals surface area contributed by atoms with Crippen LogP contribution < -0.4 is 5.73 Å². The molecule has 1 fully saturated rings. The average Bonchev–Trinajstić information content (AvgIpc) is 2.95. The highest BCUT2D eigenvalue weighted by molar-refractivity contribution is 7.84. The molecule has 11 heteroatoms. The van der Waals surface area contributed by atoms with Gasteiger partial charge in [0.1, 0.15) is 23.8 Å². The zero-order valence-electron chi connectivity index (χ0n) is 11.5. The number of imidazole rings is 1. The first-order valence-electron chi connectivity index (χ1n) is 6.35. The Balaban J connectivity index is 1.99. The van der Waals surface area contributed by atoms with E-state index in [-0.39, 0.29) is 22.5 Å². The SMILES string of the molecule is CS(=O)C[C@H]1O[C@@H](n2cnc3c(N)nc(Cl)nc32)[C@H](O)[C@@H]1O. The van der Waals surface area contributed by atoms with E-state index in [2.05, 4.69) is 15.0 Å². The number of aliphatic hydroxyl groups excluding tert-OH is 2. The normalized spacial score (nSPS) is 30.0. The van der Waals surface area contributed by atoms with Crippen LogP contribution >= 0.6 is 11.6 Å². The zero-order valence-corrected chi connectivity index (χ0v) is 13.0. The van der Waals surface area contributed by atoms with Crippen molar-refractivity contribution < 1.29 is 19.2 Å². The van der Waals surface area contributed by atoms with Gasteiger partial charge in [-0.1, -0.05) is 0 Å². The molecule has 5 atom stereocenters. The number of aliphatic hydroxyl groups is 2. The second kappa shape index (κ2) is 5.70. The van der Waals surface area contributed by atoms with Crippen LogP contribution in [0, 0.1) is 0 Å². The number of nitrogens with two attached hydrogens (primary N) is 1. The largest absolute Gasteiger partial charge is 0.387 e. The number of aromatic nitrogens is 4. The molecule has 4 N–H and O–H groups in total. The summed E-state index contributed by atoms with van der Waals surface area (Å²) < 4.78 is 18.3. The molecule has 3 rings (SSSR count). The molecule has 2 aromatic rings. The third-order valence-corrected chi connectivity index (χ3v) is 4.40. The molecule has 0 aromatic carbocycles. The average molecular weight is 348 g/mol. The quantitative estimate of drug-likeness (QED) is 0.605. The van der Waals surface area contributed by atoms with E-state index in [1.165, 1.54) is 17.2 Å². The minimum atomic E-state index is -1.22. The number of hydrogen-bond acceptors (Lipinski definition) is 8. The van der Waals surface area contributed by atoms with E-state index >= 15 is 0 Å². The van der Waals surface area contributed by atoms with Crippen molar-refractivity contribution in [3.8, 4) is 0 Å². The second-order valence-corrected chi connectivity index (χ2v) is 6.81. The van der Waals surface area contributed by atoms with Crippen LogP contribution in [-0.2, 0) is 15.5 Å². The molecule has 3 heterocycles. The Labute approximate surface area is 132 Å². The number of anilines is 1. The van der Waals surface area contributed by atoms with Gasteiger partial charge in [0.25, 0.3) is 0 Å². The number of rotatable bonds is 3. The lowest BCUT2D eigenvalue weighted by Gasteiger charge is -2.16. The van der Waals surface area contributed by atoms with Gasteiger partial charge in [0.2, 0.25) is 5.28 Å². The highest BCUT2D eigenvalue weighted by Crippen LogP contribution is 2.32. The van der Waals surface area contributed by atoms with Crippen LogP contribution in [0.4, 0.5) is 5.82 Å². The maximum Gasteiger partial charge on any atom is 0.226 e. The molecule has 1 unspecified atom stereocenters. The van der Waals surface area contributed by atoms with Crippen molar-refractivity contribution in [1.29, 1.82) is 0 Å². The number of halogens is 1. The minimum absolute atomic E-state index is 0.0639. The highest BCUT2D eigenvalue weighted by atomic mass is 35.5. The summed E-state index contributed by atoms with van der Waals surface area (Å²) in [5.74, 6) is 0.215. The zero-order chi connectivity index (χ0) is 16.0. The molecule has 9 nitrogen and oxygen atoms in total. The minimum Gasteiger partial charge on any atom is -0.387 e. The fourth-order valence-corrected chi connectivity index (χ4v) is 3.33. The maximum absolute atomic E-state index is 11.3. The Morgan fingerprint density at radius 3 is 2.86 bits per heavy atom. The Hall–Kier alpha value is -1.33. The Morgan fingerprint density at radius 1 is 1.45 bits per heavy atom. The fraction of sp³-hybridized carbons (Fsp3) is 0.545. The Kier molecular flexibility index (Phi) is 4.03. The van der Waals surface area contributed by atoms with E-state index in [0.29, 0.717) is 5.52 Å². The molecular weight excluding hydrogens is 334 g/mol. The molecule has 22 heavy (non-hydrogen) atoms. The van der Waals surface area contributed by atoms with Crippen LogP contribution in [0.3, 0.4) is 0 Å². The lowest BCUT2D eigenvalue weighted by Crippen LogP contribution is -2.34. The predicted molar refractivity (Wildman–Crippen MR) is 79.6 cm³/mol. The van der Waals surface area contributed by atoms with Crippen LogP contribution in [0.5, 0.6) is 0 Å². The van der Waals surface area contributed by atoms with Crippen molar-refractivity contribution >= 4 is 39.4 Å². The molecule has 120 valence electrons. The van der Waals surface area contributed by atoms with Gasteiger partial charge in [-0.05, 0) is 11.6 Å². The van der Waals surface area contributed by atoms with E-state index in [9.17, 15) is 14.4 Å². The molecule has 0 amide bonds. The van der Waals surface area contributed by atoms with E-state index in [0.717, 1.165) is 0 Å². The monoisotopic (exact) mass is 347 g/mol. The maximum atomic E-state index is 11.3. The molecular formula is C11H14ClN5O4S. The molecule has 1 saturated heterocycles. The summed E-state index contributed by atoms with van der Waals surface area (Å²) in [5, 5.41) is 20.1. The van der Waals surface area contributed by atoms with Gasteiger partial charge in [-0.25, -0.2) is 4.98 Å². The van der Waals surface area contributed by atoms with Crippen LogP contribution in [-0.4, -0.2) is 64.3 Å². The first kappa shape index (κ1) is 15.6. The smallest absolute Gasteiger partial charge is 0.226 e. The molecule has 2 aromatic heterocycles. The summed E-state index contributed by atoms with van der Waals surface area (Å²) >= 11 is 5.79. The van der Waals surface area contributed by atoms with Gasteiger partial charge in [-0.2, -0.15) is 9.97 Å². The van der Waals surface area contributed by atoms with E-state index < -0.39 is 35.3 Å². The van der Waals surface area contributed by atoms with Gasteiger partial charge in [0.05, 0.1) is 12.1 Å². The first-order chi connectivity index (χ1) is 10.4. The van der Waals surface area contributed by atoms with Gasteiger partial charge in [0, 0.05) is 17.1 Å². The van der Waals surface area contributed by atoms with Crippen LogP contribution in [0.2, 0.25) is 5.28 Å². The highest BCUT2D eigenvalue weighted by Gasteiger charge is 2.44. The lowest BCUT2D eigenvalue weighted by molar-refractivity contribution is -0.0290. The third kappa shape index (κ3) is 2.57. The van der Waals surface area contributed by atoms with Gasteiger partial charge < -0.3 is 20.7 Å². The van der Waals surface area contributed by atoms with Crippen molar-refractivity contribution in [1.82, 2.24) is 19.5 Å². The lowest BCUT2D eigenvalue weighted by atomic mass is 10.1. The van der Waals surface area contributed by atoms with Crippen molar-refractivity contribution in [2.75, 3.05) is 17.7 Å². The van der Waals surface area contributed by atoms with Crippen molar-refractivity contribution in [2.24, 2.45) is 0 Å². The topological polar surface area (TPSA) is 136 Å². The molecule has 1 aliphatic heterocycles. The first-order valence-corrected chi connectivity index (χ1v) is 8.46. The number of nitrogens with zero attached hydrogens (tertiary/aromatic N) is 4. The van der Waals surface area contributed by atoms with Crippen LogP contribution in [0.1, 0.15) is 6.23 Å². The number of nitrogen functional groups attached to an aromatic ring is 1. The molecule has 1 aliphatic rings. The van der Waals surface area contributed by atoms with E-state index in [1.807, 2.05) is 0 Å². The molecule has 0 aliphatic carbocycles. The fourth-order valence-electron chi connectivity index (χ4n) is 2.42. The predicted octanol–water partition coefficient (Wildman–Crippen LogP) is -0.940. The number of hydrogen-bond donors (Lipinski definition) is 3. The van der Waals surface area contributed by atoms with Crippen LogP contribution in [0.25, 0.3) is 11.2 Å². The Morgan fingerprint density at radius 2 is 2.18 bits per heavy atom.